The number of aromatic nitrogens is 3. The molecule has 0 radical (unpaired) electrons. The van der Waals surface area contributed by atoms with Crippen LogP contribution in [0.15, 0.2) is 24.4 Å². The Bertz CT molecular complexity index is 672. The third-order valence-corrected chi connectivity index (χ3v) is 4.54. The minimum Gasteiger partial charge on any atom is -0.376 e. The molecule has 24 heavy (non-hydrogen) atoms. The molecule has 0 spiro atoms. The summed E-state index contributed by atoms with van der Waals surface area (Å²) in [6.07, 6.45) is 7.14. The maximum atomic E-state index is 11.9. The van der Waals surface area contributed by atoms with Gasteiger partial charge in [-0.2, -0.15) is 0 Å². The van der Waals surface area contributed by atoms with Crippen LogP contribution in [0.1, 0.15) is 38.4 Å². The van der Waals surface area contributed by atoms with Crippen molar-refractivity contribution in [2.45, 2.75) is 45.3 Å². The molecule has 2 aromatic rings. The zero-order valence-corrected chi connectivity index (χ0v) is 14.1. The van der Waals surface area contributed by atoms with Gasteiger partial charge in [-0.15, -0.1) is 10.2 Å². The molecule has 0 aliphatic heterocycles. The number of hydrogen-bond acceptors (Lipinski definition) is 4. The van der Waals surface area contributed by atoms with E-state index in [9.17, 15) is 4.79 Å². The lowest BCUT2D eigenvalue weighted by Crippen LogP contribution is -2.38. The van der Waals surface area contributed by atoms with Crippen molar-refractivity contribution in [2.75, 3.05) is 13.2 Å². The van der Waals surface area contributed by atoms with Crippen molar-refractivity contribution < 1.29 is 9.53 Å². The number of pyridine rings is 1. The van der Waals surface area contributed by atoms with E-state index < -0.39 is 0 Å². The number of carbonyl (C=O) groups excluding carboxylic acids is 1. The number of nitrogens with zero attached hydrogens (tertiary/aromatic N) is 3. The van der Waals surface area contributed by atoms with E-state index in [1.807, 2.05) is 28.8 Å². The first-order chi connectivity index (χ1) is 11.7. The summed E-state index contributed by atoms with van der Waals surface area (Å²) in [7, 11) is 0. The van der Waals surface area contributed by atoms with E-state index in [4.69, 9.17) is 4.74 Å². The Labute approximate surface area is 141 Å². The first kappa shape index (κ1) is 16.7. The SMILES string of the molecule is C[C@H]1CCCC[C@H]1OCCNC(=O)NCc1nnc2ccccn12. The van der Waals surface area contributed by atoms with Gasteiger partial charge in [-0.05, 0) is 30.9 Å². The lowest BCUT2D eigenvalue weighted by atomic mass is 9.88. The normalized spacial score (nSPS) is 20.9. The second kappa shape index (κ2) is 8.10. The van der Waals surface area contributed by atoms with Crippen molar-refractivity contribution in [3.63, 3.8) is 0 Å². The second-order valence-electron chi connectivity index (χ2n) is 6.33. The summed E-state index contributed by atoms with van der Waals surface area (Å²) in [6.45, 7) is 3.64. The van der Waals surface area contributed by atoms with E-state index in [1.165, 1.54) is 19.3 Å². The molecular formula is C17H25N5O2. The minimum atomic E-state index is -0.219. The van der Waals surface area contributed by atoms with Crippen LogP contribution >= 0.6 is 0 Å². The molecule has 2 N–H and O–H groups in total. The summed E-state index contributed by atoms with van der Waals surface area (Å²) in [5.41, 5.74) is 0.768. The van der Waals surface area contributed by atoms with E-state index in [1.54, 1.807) is 0 Å². The third kappa shape index (κ3) is 4.23. The number of rotatable bonds is 6. The lowest BCUT2D eigenvalue weighted by molar-refractivity contribution is -0.00243. The third-order valence-electron chi connectivity index (χ3n) is 4.54. The summed E-state index contributed by atoms with van der Waals surface area (Å²) < 4.78 is 7.74. The van der Waals surface area contributed by atoms with E-state index in [0.717, 1.165) is 12.1 Å². The summed E-state index contributed by atoms with van der Waals surface area (Å²) >= 11 is 0. The van der Waals surface area contributed by atoms with Crippen LogP contribution in [0, 0.1) is 5.92 Å². The fourth-order valence-electron chi connectivity index (χ4n) is 3.14. The maximum Gasteiger partial charge on any atom is 0.315 e. The number of amides is 2. The molecule has 1 fully saturated rings. The van der Waals surface area contributed by atoms with Crippen molar-refractivity contribution in [1.82, 2.24) is 25.2 Å². The highest BCUT2D eigenvalue weighted by molar-refractivity contribution is 5.73. The first-order valence-corrected chi connectivity index (χ1v) is 8.66. The highest BCUT2D eigenvalue weighted by atomic mass is 16.5. The second-order valence-corrected chi connectivity index (χ2v) is 6.33. The fourth-order valence-corrected chi connectivity index (χ4v) is 3.14. The summed E-state index contributed by atoms with van der Waals surface area (Å²) in [5, 5.41) is 13.7. The van der Waals surface area contributed by atoms with Crippen LogP contribution in [-0.2, 0) is 11.3 Å². The molecule has 7 heteroatoms. The van der Waals surface area contributed by atoms with Crippen LogP contribution in [0.2, 0.25) is 0 Å². The summed E-state index contributed by atoms with van der Waals surface area (Å²) in [6, 6.07) is 5.47. The Morgan fingerprint density at radius 2 is 2.17 bits per heavy atom. The Hall–Kier alpha value is -2.15. The predicted octanol–water partition coefficient (Wildman–Crippen LogP) is 2.12. The van der Waals surface area contributed by atoms with Crippen LogP contribution in [0.3, 0.4) is 0 Å². The largest absolute Gasteiger partial charge is 0.376 e. The molecule has 1 aliphatic carbocycles. The van der Waals surface area contributed by atoms with Gasteiger partial charge in [0.1, 0.15) is 0 Å². The molecule has 2 aromatic heterocycles. The topological polar surface area (TPSA) is 80.5 Å². The van der Waals surface area contributed by atoms with Gasteiger partial charge in [0.15, 0.2) is 11.5 Å². The molecular weight excluding hydrogens is 306 g/mol. The molecule has 7 nitrogen and oxygen atoms in total. The molecule has 0 aromatic carbocycles. The Kier molecular flexibility index (Phi) is 5.63. The van der Waals surface area contributed by atoms with Gasteiger partial charge in [0, 0.05) is 12.7 Å². The average molecular weight is 331 g/mol. The predicted molar refractivity (Wildman–Crippen MR) is 90.6 cm³/mol. The van der Waals surface area contributed by atoms with Gasteiger partial charge in [0.2, 0.25) is 0 Å². The van der Waals surface area contributed by atoms with E-state index in [0.29, 0.717) is 37.5 Å². The Balaban J connectivity index is 1.35. The van der Waals surface area contributed by atoms with Crippen LogP contribution in [0.4, 0.5) is 4.79 Å². The highest BCUT2D eigenvalue weighted by Gasteiger charge is 2.21. The van der Waals surface area contributed by atoms with Crippen molar-refractivity contribution in [1.29, 1.82) is 0 Å². The number of hydrogen-bond donors (Lipinski definition) is 2. The monoisotopic (exact) mass is 331 g/mol. The van der Waals surface area contributed by atoms with E-state index >= 15 is 0 Å². The molecule has 2 heterocycles. The van der Waals surface area contributed by atoms with Crippen LogP contribution in [-0.4, -0.2) is 39.9 Å². The van der Waals surface area contributed by atoms with Crippen molar-refractivity contribution in [3.05, 3.63) is 30.2 Å². The minimum absolute atomic E-state index is 0.219. The van der Waals surface area contributed by atoms with Gasteiger partial charge in [0.25, 0.3) is 0 Å². The van der Waals surface area contributed by atoms with Crippen molar-refractivity contribution in [3.8, 4) is 0 Å². The van der Waals surface area contributed by atoms with Crippen LogP contribution < -0.4 is 10.6 Å². The van der Waals surface area contributed by atoms with Gasteiger partial charge in [-0.25, -0.2) is 4.79 Å². The zero-order valence-electron chi connectivity index (χ0n) is 14.1. The Morgan fingerprint density at radius 1 is 1.29 bits per heavy atom. The summed E-state index contributed by atoms with van der Waals surface area (Å²) in [5.74, 6) is 1.32. The van der Waals surface area contributed by atoms with Crippen molar-refractivity contribution >= 4 is 11.7 Å². The number of fused-ring (bicyclic) bond motifs is 1. The molecule has 0 saturated heterocycles. The Morgan fingerprint density at radius 3 is 3.04 bits per heavy atom. The maximum absolute atomic E-state index is 11.9. The quantitative estimate of drug-likeness (QED) is 0.795. The van der Waals surface area contributed by atoms with Gasteiger partial charge < -0.3 is 15.4 Å². The van der Waals surface area contributed by atoms with Gasteiger partial charge in [0.05, 0.1) is 19.3 Å². The van der Waals surface area contributed by atoms with Gasteiger partial charge in [-0.1, -0.05) is 25.8 Å². The van der Waals surface area contributed by atoms with Crippen LogP contribution in [0.5, 0.6) is 0 Å². The highest BCUT2D eigenvalue weighted by Crippen LogP contribution is 2.25. The lowest BCUT2D eigenvalue weighted by Gasteiger charge is -2.28. The molecule has 1 aliphatic rings. The number of nitrogens with one attached hydrogen (secondary N) is 2. The average Bonchev–Trinajstić information content (AvgIpc) is 3.01. The van der Waals surface area contributed by atoms with Gasteiger partial charge >= 0.3 is 6.03 Å². The molecule has 130 valence electrons. The van der Waals surface area contributed by atoms with Crippen molar-refractivity contribution in [2.24, 2.45) is 5.92 Å². The fraction of sp³-hybridized carbons (Fsp3) is 0.588. The molecule has 0 unspecified atom stereocenters. The molecule has 1 saturated carbocycles. The first-order valence-electron chi connectivity index (χ1n) is 8.66. The molecule has 2 atom stereocenters. The van der Waals surface area contributed by atoms with E-state index in [2.05, 4.69) is 27.8 Å². The molecule has 3 rings (SSSR count). The van der Waals surface area contributed by atoms with E-state index in [-0.39, 0.29) is 6.03 Å². The molecule has 2 amide bonds. The van der Waals surface area contributed by atoms with Gasteiger partial charge in [-0.3, -0.25) is 4.40 Å². The summed E-state index contributed by atoms with van der Waals surface area (Å²) in [4.78, 5) is 11.9. The zero-order chi connectivity index (χ0) is 16.8. The standard InChI is InChI=1S/C17H25N5O2/c1-13-6-2-3-7-14(13)24-11-9-18-17(23)19-12-16-21-20-15-8-4-5-10-22(15)16/h4-5,8,10,13-14H,2-3,6-7,9,11-12H2,1H3,(H2,18,19,23)/t13-,14+/m0/s1. The number of ether oxygens (including phenoxy) is 1. The molecule has 0 bridgehead atoms. The number of urea groups is 1. The van der Waals surface area contributed by atoms with Crippen LogP contribution in [0.25, 0.3) is 5.65 Å². The number of carbonyl (C=O) groups is 1. The smallest absolute Gasteiger partial charge is 0.315 e.